The van der Waals surface area contributed by atoms with Gasteiger partial charge in [-0.1, -0.05) is 12.7 Å². The van der Waals surface area contributed by atoms with E-state index in [2.05, 4.69) is 16.6 Å². The molecule has 0 aromatic rings. The number of hydrogen-bond donors (Lipinski definition) is 3. The van der Waals surface area contributed by atoms with Gasteiger partial charge in [0.1, 0.15) is 6.61 Å². The fraction of sp³-hybridized carbons (Fsp3) is 0.500. The first-order chi connectivity index (χ1) is 6.57. The van der Waals surface area contributed by atoms with Crippen LogP contribution in [0.2, 0.25) is 0 Å². The van der Waals surface area contributed by atoms with E-state index < -0.39 is 18.2 Å². The van der Waals surface area contributed by atoms with Crippen LogP contribution in [-0.2, 0) is 9.53 Å². The number of carbonyl (C=O) groups is 2. The summed E-state index contributed by atoms with van der Waals surface area (Å²) in [6.45, 7) is 3.48. The first-order valence-electron chi connectivity index (χ1n) is 4.00. The van der Waals surface area contributed by atoms with E-state index in [1.54, 1.807) is 0 Å². The van der Waals surface area contributed by atoms with Gasteiger partial charge < -0.3 is 20.3 Å². The highest BCUT2D eigenvalue weighted by molar-refractivity contribution is 5.72. The van der Waals surface area contributed by atoms with Crippen LogP contribution in [-0.4, -0.2) is 41.5 Å². The Labute approximate surface area is 81.2 Å². The van der Waals surface area contributed by atoms with Gasteiger partial charge in [-0.3, -0.25) is 0 Å². The number of nitrogens with one attached hydrogen (secondary N) is 1. The smallest absolute Gasteiger partial charge is 0.407 e. The lowest BCUT2D eigenvalue weighted by atomic mass is 10.2. The van der Waals surface area contributed by atoms with Crippen molar-refractivity contribution < 1.29 is 24.5 Å². The van der Waals surface area contributed by atoms with Gasteiger partial charge in [0.25, 0.3) is 0 Å². The largest absolute Gasteiger partial charge is 0.479 e. The molecule has 1 amide bonds. The Morgan fingerprint density at radius 3 is 2.71 bits per heavy atom. The summed E-state index contributed by atoms with van der Waals surface area (Å²) in [5.41, 5.74) is 0. The summed E-state index contributed by atoms with van der Waals surface area (Å²) >= 11 is 0. The maximum Gasteiger partial charge on any atom is 0.407 e. The number of carbonyl (C=O) groups excluding carboxylic acids is 1. The van der Waals surface area contributed by atoms with E-state index in [-0.39, 0.29) is 19.6 Å². The van der Waals surface area contributed by atoms with Gasteiger partial charge >= 0.3 is 12.1 Å². The topological polar surface area (TPSA) is 95.9 Å². The molecular weight excluding hydrogens is 190 g/mol. The van der Waals surface area contributed by atoms with Crippen molar-refractivity contribution in [3.8, 4) is 0 Å². The third-order valence-electron chi connectivity index (χ3n) is 1.30. The first-order valence-corrected chi connectivity index (χ1v) is 4.00. The van der Waals surface area contributed by atoms with Crippen molar-refractivity contribution in [2.24, 2.45) is 0 Å². The van der Waals surface area contributed by atoms with E-state index in [0.717, 1.165) is 0 Å². The fourth-order valence-corrected chi connectivity index (χ4v) is 0.620. The number of aliphatic hydroxyl groups excluding tert-OH is 1. The quantitative estimate of drug-likeness (QED) is 0.516. The van der Waals surface area contributed by atoms with E-state index in [1.165, 1.54) is 6.08 Å². The monoisotopic (exact) mass is 203 g/mol. The van der Waals surface area contributed by atoms with Gasteiger partial charge in [0.15, 0.2) is 6.10 Å². The molecule has 6 nitrogen and oxygen atoms in total. The third-order valence-corrected chi connectivity index (χ3v) is 1.30. The maximum absolute atomic E-state index is 10.7. The highest BCUT2D eigenvalue weighted by atomic mass is 16.5. The number of aliphatic hydroxyl groups is 1. The summed E-state index contributed by atoms with van der Waals surface area (Å²) in [7, 11) is 0. The van der Waals surface area contributed by atoms with Crippen LogP contribution in [0.1, 0.15) is 6.42 Å². The van der Waals surface area contributed by atoms with Crippen LogP contribution in [0.5, 0.6) is 0 Å². The lowest BCUT2D eigenvalue weighted by Crippen LogP contribution is -2.30. The molecule has 0 aromatic carbocycles. The number of carboxylic acid groups (broad SMARTS) is 1. The Morgan fingerprint density at radius 2 is 2.21 bits per heavy atom. The number of hydrogen-bond acceptors (Lipinski definition) is 4. The average molecular weight is 203 g/mol. The van der Waals surface area contributed by atoms with Gasteiger partial charge in [0.05, 0.1) is 0 Å². The molecule has 0 aromatic heterocycles. The van der Waals surface area contributed by atoms with Gasteiger partial charge in [0, 0.05) is 13.0 Å². The molecule has 0 radical (unpaired) electrons. The molecule has 0 fully saturated rings. The molecule has 0 spiro atoms. The zero-order chi connectivity index (χ0) is 11.0. The molecule has 80 valence electrons. The Bertz CT molecular complexity index is 216. The van der Waals surface area contributed by atoms with E-state index in [0.29, 0.717) is 0 Å². The van der Waals surface area contributed by atoms with Crippen molar-refractivity contribution in [2.45, 2.75) is 12.5 Å². The van der Waals surface area contributed by atoms with Crippen molar-refractivity contribution in [1.29, 1.82) is 0 Å². The molecule has 0 saturated carbocycles. The minimum Gasteiger partial charge on any atom is -0.479 e. The number of carboxylic acids is 1. The number of alkyl carbamates (subject to hydrolysis) is 1. The predicted octanol–water partition coefficient (Wildman–Crippen LogP) is -0.266. The summed E-state index contributed by atoms with van der Waals surface area (Å²) in [6.07, 6.45) is -0.776. The SMILES string of the molecule is C=CCOC(=O)NCC[C@@H](O)C(=O)O. The van der Waals surface area contributed by atoms with Crippen LogP contribution in [0.15, 0.2) is 12.7 Å². The summed E-state index contributed by atoms with van der Waals surface area (Å²) in [5.74, 6) is -1.31. The van der Waals surface area contributed by atoms with Crippen molar-refractivity contribution in [2.75, 3.05) is 13.2 Å². The highest BCUT2D eigenvalue weighted by Crippen LogP contribution is 1.89. The van der Waals surface area contributed by atoms with Gasteiger partial charge in [-0.2, -0.15) is 0 Å². The van der Waals surface area contributed by atoms with Gasteiger partial charge in [-0.05, 0) is 0 Å². The predicted molar refractivity (Wildman–Crippen MR) is 47.8 cm³/mol. The molecular formula is C8H13NO5. The van der Waals surface area contributed by atoms with Gasteiger partial charge in [0.2, 0.25) is 0 Å². The van der Waals surface area contributed by atoms with Crippen LogP contribution in [0.4, 0.5) is 4.79 Å². The summed E-state index contributed by atoms with van der Waals surface area (Å²) in [4.78, 5) is 20.9. The molecule has 0 unspecified atom stereocenters. The van der Waals surface area contributed by atoms with E-state index in [9.17, 15) is 9.59 Å². The Morgan fingerprint density at radius 1 is 1.57 bits per heavy atom. The molecule has 0 heterocycles. The van der Waals surface area contributed by atoms with Crippen LogP contribution in [0.25, 0.3) is 0 Å². The molecule has 3 N–H and O–H groups in total. The van der Waals surface area contributed by atoms with E-state index >= 15 is 0 Å². The molecule has 0 aliphatic heterocycles. The lowest BCUT2D eigenvalue weighted by Gasteiger charge is -2.06. The second-order valence-corrected chi connectivity index (χ2v) is 2.46. The summed E-state index contributed by atoms with van der Waals surface area (Å²) < 4.78 is 4.54. The van der Waals surface area contributed by atoms with E-state index in [1.807, 2.05) is 0 Å². The number of aliphatic carboxylic acids is 1. The molecule has 1 atom stereocenters. The molecule has 6 heteroatoms. The fourth-order valence-electron chi connectivity index (χ4n) is 0.620. The van der Waals surface area contributed by atoms with Crippen LogP contribution in [0, 0.1) is 0 Å². The van der Waals surface area contributed by atoms with Gasteiger partial charge in [-0.15, -0.1) is 0 Å². The molecule has 14 heavy (non-hydrogen) atoms. The zero-order valence-corrected chi connectivity index (χ0v) is 7.60. The average Bonchev–Trinajstić information content (AvgIpc) is 2.14. The van der Waals surface area contributed by atoms with Crippen LogP contribution >= 0.6 is 0 Å². The Kier molecular flexibility index (Phi) is 6.13. The normalized spacial score (nSPS) is 11.5. The molecule has 0 aliphatic carbocycles. The Hall–Kier alpha value is -1.56. The number of rotatable bonds is 6. The summed E-state index contributed by atoms with van der Waals surface area (Å²) in [5, 5.41) is 19.4. The van der Waals surface area contributed by atoms with Crippen molar-refractivity contribution in [3.05, 3.63) is 12.7 Å². The highest BCUT2D eigenvalue weighted by Gasteiger charge is 2.12. The molecule has 0 saturated heterocycles. The molecule has 0 rings (SSSR count). The first kappa shape index (κ1) is 12.4. The Balaban J connectivity index is 3.48. The molecule has 0 bridgehead atoms. The van der Waals surface area contributed by atoms with Crippen LogP contribution in [0.3, 0.4) is 0 Å². The zero-order valence-electron chi connectivity index (χ0n) is 7.60. The van der Waals surface area contributed by atoms with Crippen LogP contribution < -0.4 is 5.32 Å². The second kappa shape index (κ2) is 6.90. The molecule has 0 aliphatic rings. The second-order valence-electron chi connectivity index (χ2n) is 2.46. The minimum atomic E-state index is -1.46. The van der Waals surface area contributed by atoms with Crippen molar-refractivity contribution >= 4 is 12.1 Å². The lowest BCUT2D eigenvalue weighted by molar-refractivity contribution is -0.146. The van der Waals surface area contributed by atoms with Crippen molar-refractivity contribution in [3.63, 3.8) is 0 Å². The maximum atomic E-state index is 10.7. The third kappa shape index (κ3) is 6.01. The van der Waals surface area contributed by atoms with E-state index in [4.69, 9.17) is 10.2 Å². The van der Waals surface area contributed by atoms with Crippen molar-refractivity contribution in [1.82, 2.24) is 5.32 Å². The van der Waals surface area contributed by atoms with Gasteiger partial charge in [-0.25, -0.2) is 9.59 Å². The standard InChI is InChI=1S/C8H13NO5/c1-2-5-14-8(13)9-4-3-6(10)7(11)12/h2,6,10H,1,3-5H2,(H,9,13)(H,11,12)/t6-/m1/s1. The minimum absolute atomic E-state index is 0.0451. The number of ether oxygens (including phenoxy) is 1. The summed E-state index contributed by atoms with van der Waals surface area (Å²) in [6, 6.07) is 0. The number of amides is 1.